The molecule has 0 radical (unpaired) electrons. The molecule has 0 N–H and O–H groups in total. The zero-order valence-corrected chi connectivity index (χ0v) is 10.2. The number of aryl methyl sites for hydroxylation is 2. The maximum atomic E-state index is 5.25. The smallest absolute Gasteiger partial charge is 0.267 e. The van der Waals surface area contributed by atoms with Crippen molar-refractivity contribution in [3.05, 3.63) is 53.9 Å². The third-order valence-electron chi connectivity index (χ3n) is 2.73. The van der Waals surface area contributed by atoms with Crippen molar-refractivity contribution < 1.29 is 9.47 Å². The number of pyridine rings is 1. The molecular formula is C13H13N3O2. The van der Waals surface area contributed by atoms with Gasteiger partial charge in [-0.2, -0.15) is 5.10 Å². The molecule has 18 heavy (non-hydrogen) atoms. The van der Waals surface area contributed by atoms with Gasteiger partial charge in [0.05, 0.1) is 11.3 Å². The average Bonchev–Trinajstić information content (AvgIpc) is 2.99. The Morgan fingerprint density at radius 3 is 2.50 bits per heavy atom. The summed E-state index contributed by atoms with van der Waals surface area (Å²) in [7, 11) is 0. The minimum atomic E-state index is -0.382. The third-order valence-corrected chi connectivity index (χ3v) is 2.73. The zero-order valence-electron chi connectivity index (χ0n) is 10.2. The molecule has 5 heteroatoms. The van der Waals surface area contributed by atoms with E-state index in [4.69, 9.17) is 9.47 Å². The van der Waals surface area contributed by atoms with Crippen LogP contribution in [0.5, 0.6) is 0 Å². The molecule has 2 aromatic rings. The minimum absolute atomic E-state index is 0.382. The third kappa shape index (κ3) is 1.84. The van der Waals surface area contributed by atoms with Crippen LogP contribution in [0.4, 0.5) is 0 Å². The zero-order chi connectivity index (χ0) is 12.5. The lowest BCUT2D eigenvalue weighted by molar-refractivity contribution is -0.0248. The molecule has 0 spiro atoms. The fourth-order valence-corrected chi connectivity index (χ4v) is 1.92. The lowest BCUT2D eigenvalue weighted by atomic mass is 10.2. The summed E-state index contributed by atoms with van der Waals surface area (Å²) < 4.78 is 12.3. The molecular weight excluding hydrogens is 230 g/mol. The molecule has 0 saturated carbocycles. The van der Waals surface area contributed by atoms with E-state index < -0.39 is 0 Å². The average molecular weight is 243 g/mol. The van der Waals surface area contributed by atoms with E-state index in [-0.39, 0.29) is 6.29 Å². The van der Waals surface area contributed by atoms with Crippen LogP contribution in [0.25, 0.3) is 5.82 Å². The lowest BCUT2D eigenvalue weighted by Crippen LogP contribution is -2.04. The molecule has 5 nitrogen and oxygen atoms in total. The summed E-state index contributed by atoms with van der Waals surface area (Å²) in [6.07, 6.45) is 4.41. The van der Waals surface area contributed by atoms with Gasteiger partial charge >= 0.3 is 0 Å². The highest BCUT2D eigenvalue weighted by molar-refractivity contribution is 5.28. The van der Waals surface area contributed by atoms with E-state index >= 15 is 0 Å². The van der Waals surface area contributed by atoms with Gasteiger partial charge in [0.2, 0.25) is 0 Å². The molecule has 0 saturated heterocycles. The predicted octanol–water partition coefficient (Wildman–Crippen LogP) is 2.40. The Morgan fingerprint density at radius 2 is 1.94 bits per heavy atom. The predicted molar refractivity (Wildman–Crippen MR) is 64.9 cm³/mol. The van der Waals surface area contributed by atoms with Crippen molar-refractivity contribution in [2.45, 2.75) is 20.1 Å². The first-order chi connectivity index (χ1) is 8.74. The number of aromatic nitrogens is 3. The number of hydrogen-bond donors (Lipinski definition) is 0. The summed E-state index contributed by atoms with van der Waals surface area (Å²) in [5, 5.41) is 4.39. The van der Waals surface area contributed by atoms with Gasteiger partial charge in [0.1, 0.15) is 12.5 Å². The van der Waals surface area contributed by atoms with Gasteiger partial charge in [-0.1, -0.05) is 0 Å². The summed E-state index contributed by atoms with van der Waals surface area (Å²) in [4.78, 5) is 4.38. The van der Waals surface area contributed by atoms with Gasteiger partial charge in [0, 0.05) is 11.9 Å². The van der Waals surface area contributed by atoms with Crippen LogP contribution in [0, 0.1) is 13.8 Å². The Balaban J connectivity index is 1.88. The fraction of sp³-hybridized carbons (Fsp3) is 0.231. The van der Waals surface area contributed by atoms with Crippen LogP contribution < -0.4 is 0 Å². The number of ether oxygens (including phenoxy) is 2. The van der Waals surface area contributed by atoms with Crippen LogP contribution in [0.3, 0.4) is 0 Å². The molecule has 3 rings (SSSR count). The molecule has 3 heterocycles. The fourth-order valence-electron chi connectivity index (χ4n) is 1.92. The number of hydrogen-bond acceptors (Lipinski definition) is 4. The molecule has 0 bridgehead atoms. The first-order valence-electron chi connectivity index (χ1n) is 5.69. The lowest BCUT2D eigenvalue weighted by Gasteiger charge is -2.10. The Kier molecular flexibility index (Phi) is 2.51. The van der Waals surface area contributed by atoms with E-state index in [0.717, 1.165) is 22.8 Å². The maximum absolute atomic E-state index is 5.25. The van der Waals surface area contributed by atoms with Crippen LogP contribution in [-0.2, 0) is 9.47 Å². The molecule has 2 aromatic heterocycles. The highest BCUT2D eigenvalue weighted by Crippen LogP contribution is 2.23. The Labute approximate surface area is 105 Å². The second-order valence-corrected chi connectivity index (χ2v) is 4.16. The molecule has 0 unspecified atom stereocenters. The van der Waals surface area contributed by atoms with E-state index in [1.165, 1.54) is 12.5 Å². The quantitative estimate of drug-likeness (QED) is 0.812. The van der Waals surface area contributed by atoms with Crippen molar-refractivity contribution in [1.82, 2.24) is 14.8 Å². The van der Waals surface area contributed by atoms with Gasteiger partial charge in [0.15, 0.2) is 5.82 Å². The largest absolute Gasteiger partial charge is 0.455 e. The van der Waals surface area contributed by atoms with Crippen LogP contribution >= 0.6 is 0 Å². The van der Waals surface area contributed by atoms with Crippen LogP contribution in [0.2, 0.25) is 0 Å². The SMILES string of the molecule is Cc1cc(C)n(-c2ccc(C3OC=CO3)cn2)n1. The molecule has 92 valence electrons. The molecule has 0 fully saturated rings. The van der Waals surface area contributed by atoms with Crippen LogP contribution in [0.15, 0.2) is 36.9 Å². The molecule has 0 aromatic carbocycles. The van der Waals surface area contributed by atoms with Crippen molar-refractivity contribution in [3.63, 3.8) is 0 Å². The summed E-state index contributed by atoms with van der Waals surface area (Å²) in [6.45, 7) is 3.96. The van der Waals surface area contributed by atoms with Gasteiger partial charge in [-0.3, -0.25) is 0 Å². The molecule has 1 aliphatic rings. The number of rotatable bonds is 2. The van der Waals surface area contributed by atoms with Crippen molar-refractivity contribution in [2.24, 2.45) is 0 Å². The minimum Gasteiger partial charge on any atom is -0.455 e. The van der Waals surface area contributed by atoms with E-state index in [1.54, 1.807) is 6.20 Å². The summed E-state index contributed by atoms with van der Waals surface area (Å²) in [6, 6.07) is 5.85. The van der Waals surface area contributed by atoms with Gasteiger partial charge in [-0.05, 0) is 32.0 Å². The van der Waals surface area contributed by atoms with Crippen molar-refractivity contribution in [2.75, 3.05) is 0 Å². The molecule has 0 aliphatic carbocycles. The molecule has 0 amide bonds. The first-order valence-corrected chi connectivity index (χ1v) is 5.69. The highest BCUT2D eigenvalue weighted by atomic mass is 16.7. The summed E-state index contributed by atoms with van der Waals surface area (Å²) >= 11 is 0. The van der Waals surface area contributed by atoms with E-state index in [9.17, 15) is 0 Å². The van der Waals surface area contributed by atoms with Crippen molar-refractivity contribution in [3.8, 4) is 5.82 Å². The van der Waals surface area contributed by atoms with Gasteiger partial charge < -0.3 is 9.47 Å². The van der Waals surface area contributed by atoms with Crippen molar-refractivity contribution in [1.29, 1.82) is 0 Å². The van der Waals surface area contributed by atoms with E-state index in [0.29, 0.717) is 0 Å². The van der Waals surface area contributed by atoms with Gasteiger partial charge in [-0.25, -0.2) is 9.67 Å². The summed E-state index contributed by atoms with van der Waals surface area (Å²) in [5.41, 5.74) is 2.91. The monoisotopic (exact) mass is 243 g/mol. The normalized spacial score (nSPS) is 14.6. The second kappa shape index (κ2) is 4.18. The second-order valence-electron chi connectivity index (χ2n) is 4.16. The van der Waals surface area contributed by atoms with E-state index in [2.05, 4.69) is 10.1 Å². The van der Waals surface area contributed by atoms with Gasteiger partial charge in [0.25, 0.3) is 6.29 Å². The number of nitrogens with zero attached hydrogens (tertiary/aromatic N) is 3. The van der Waals surface area contributed by atoms with E-state index in [1.807, 2.05) is 36.7 Å². The first kappa shape index (κ1) is 10.8. The molecule has 1 aliphatic heterocycles. The molecule has 0 atom stereocenters. The Bertz CT molecular complexity index is 579. The Morgan fingerprint density at radius 1 is 1.17 bits per heavy atom. The van der Waals surface area contributed by atoms with Gasteiger partial charge in [-0.15, -0.1) is 0 Å². The Hall–Kier alpha value is -2.30. The highest BCUT2D eigenvalue weighted by Gasteiger charge is 2.16. The maximum Gasteiger partial charge on any atom is 0.267 e. The standard InChI is InChI=1S/C13H13N3O2/c1-9-7-10(2)16(15-9)12-4-3-11(8-14-12)13-17-5-6-18-13/h3-8,13H,1-2H3. The van der Waals surface area contributed by atoms with Crippen molar-refractivity contribution >= 4 is 0 Å². The summed E-state index contributed by atoms with van der Waals surface area (Å²) in [5.74, 6) is 0.787. The van der Waals surface area contributed by atoms with Crippen LogP contribution in [0.1, 0.15) is 23.2 Å². The van der Waals surface area contributed by atoms with Crippen LogP contribution in [-0.4, -0.2) is 14.8 Å². The topological polar surface area (TPSA) is 49.2 Å².